The Bertz CT molecular complexity index is 683. The number of unbranched alkanes of at least 4 members (excludes halogenated alkanes) is 8. The maximum absolute atomic E-state index is 11.8. The largest absolute Gasteiger partial charge is 0.463 e. The summed E-state index contributed by atoms with van der Waals surface area (Å²) in [6, 6.07) is 0. The van der Waals surface area contributed by atoms with Crippen molar-refractivity contribution in [3.8, 4) is 0 Å². The first kappa shape index (κ1) is 52.5. The lowest BCUT2D eigenvalue weighted by Crippen LogP contribution is -2.15. The zero-order valence-corrected chi connectivity index (χ0v) is 34.6. The van der Waals surface area contributed by atoms with E-state index >= 15 is 0 Å². The van der Waals surface area contributed by atoms with Crippen LogP contribution in [0, 0.1) is 0 Å². The van der Waals surface area contributed by atoms with Crippen molar-refractivity contribution in [2.45, 2.75) is 71.1 Å². The molecule has 0 unspecified atom stereocenters. The topological polar surface area (TPSA) is 137 Å². The Balaban J connectivity index is 3.10. The highest BCUT2D eigenvalue weighted by Gasteiger charge is 2.03. The Labute approximate surface area is 329 Å². The minimum Gasteiger partial charge on any atom is -0.463 e. The van der Waals surface area contributed by atoms with Gasteiger partial charge in [-0.15, -0.1) is 0 Å². The smallest absolute Gasteiger partial charge is 0.305 e. The number of hydrogen-bond donors (Lipinski definition) is 0. The number of carbonyl (C=O) groups is 1. The number of hydrogen-bond acceptors (Lipinski definition) is 14. The summed E-state index contributed by atoms with van der Waals surface area (Å²) in [5, 5.41) is 0.835. The van der Waals surface area contributed by atoms with Gasteiger partial charge in [-0.1, -0.05) is 74.2 Å². The lowest BCUT2D eigenvalue weighted by Gasteiger charge is -2.09. The highest BCUT2D eigenvalue weighted by molar-refractivity contribution is 9.09. The van der Waals surface area contributed by atoms with Crippen LogP contribution in [0.3, 0.4) is 0 Å². The second kappa shape index (κ2) is 49.5. The van der Waals surface area contributed by atoms with Gasteiger partial charge in [-0.3, -0.25) is 4.79 Å². The molecule has 0 aromatic carbocycles. The lowest BCUT2D eigenvalue weighted by atomic mass is 10.1. The molecular formula is C38H75BrO14. The van der Waals surface area contributed by atoms with Gasteiger partial charge < -0.3 is 61.6 Å². The van der Waals surface area contributed by atoms with Crippen molar-refractivity contribution < 1.29 is 66.4 Å². The molecule has 0 aliphatic heterocycles. The van der Waals surface area contributed by atoms with E-state index in [1.807, 2.05) is 0 Å². The second-order valence-electron chi connectivity index (χ2n) is 11.8. The normalized spacial score (nSPS) is 11.5. The van der Waals surface area contributed by atoms with Gasteiger partial charge in [0.2, 0.25) is 0 Å². The molecular weight excluding hydrogens is 760 g/mol. The fraction of sp³-hybridized carbons (Fsp3) is 0.974. The van der Waals surface area contributed by atoms with Crippen molar-refractivity contribution in [1.29, 1.82) is 0 Å². The van der Waals surface area contributed by atoms with E-state index in [2.05, 4.69) is 22.9 Å². The molecule has 0 atom stereocenters. The van der Waals surface area contributed by atoms with Gasteiger partial charge >= 0.3 is 5.97 Å². The molecule has 0 aliphatic rings. The first-order valence-electron chi connectivity index (χ1n) is 20.0. The summed E-state index contributed by atoms with van der Waals surface area (Å²) in [4.78, 5) is 11.8. The fourth-order valence-corrected chi connectivity index (χ4v) is 4.67. The summed E-state index contributed by atoms with van der Waals surface area (Å²) >= 11 is 3.30. The van der Waals surface area contributed by atoms with Crippen molar-refractivity contribution in [3.63, 3.8) is 0 Å². The Hall–Kier alpha value is -0.530. The van der Waals surface area contributed by atoms with Crippen LogP contribution in [-0.4, -0.2) is 176 Å². The third-order valence-electron chi connectivity index (χ3n) is 7.29. The molecule has 0 spiro atoms. The van der Waals surface area contributed by atoms with Crippen LogP contribution >= 0.6 is 15.9 Å². The zero-order valence-electron chi connectivity index (χ0n) is 33.0. The van der Waals surface area contributed by atoms with Crippen molar-refractivity contribution in [2.24, 2.45) is 0 Å². The first-order chi connectivity index (χ1) is 26.3. The first-order valence-corrected chi connectivity index (χ1v) is 21.1. The molecule has 0 aromatic rings. The molecule has 0 heterocycles. The van der Waals surface area contributed by atoms with Gasteiger partial charge in [-0.25, -0.2) is 0 Å². The molecule has 0 radical (unpaired) electrons. The third kappa shape index (κ3) is 49.5. The average molecular weight is 836 g/mol. The summed E-state index contributed by atoms with van der Waals surface area (Å²) in [5.41, 5.74) is 0. The van der Waals surface area contributed by atoms with E-state index in [-0.39, 0.29) is 12.6 Å². The standard InChI is InChI=1S/C38H75BrO14/c1-2-3-4-5-6-7-8-9-10-11-38(40)53-37-36-52-35-34-51-33-32-50-31-30-49-29-28-48-27-26-47-25-24-46-23-22-45-21-20-44-19-18-43-17-16-42-15-14-41-13-12-39/h2-37H2,1H3. The Morgan fingerprint density at radius 3 is 0.811 bits per heavy atom. The van der Waals surface area contributed by atoms with E-state index in [0.29, 0.717) is 165 Å². The van der Waals surface area contributed by atoms with Crippen LogP contribution in [0.15, 0.2) is 0 Å². The molecule has 0 saturated carbocycles. The molecule has 15 heteroatoms. The van der Waals surface area contributed by atoms with Crippen molar-refractivity contribution in [1.82, 2.24) is 0 Å². The van der Waals surface area contributed by atoms with Crippen molar-refractivity contribution >= 4 is 21.9 Å². The number of esters is 1. The Kier molecular flexibility index (Phi) is 49.0. The Morgan fingerprint density at radius 2 is 0.547 bits per heavy atom. The molecule has 14 nitrogen and oxygen atoms in total. The highest BCUT2D eigenvalue weighted by atomic mass is 79.9. The van der Waals surface area contributed by atoms with Crippen LogP contribution < -0.4 is 0 Å². The maximum Gasteiger partial charge on any atom is 0.305 e. The van der Waals surface area contributed by atoms with Crippen LogP contribution in [0.4, 0.5) is 0 Å². The van der Waals surface area contributed by atoms with Gasteiger partial charge in [-0.2, -0.15) is 0 Å². The number of carbonyl (C=O) groups excluding carboxylic acids is 1. The van der Waals surface area contributed by atoms with Gasteiger partial charge in [0.25, 0.3) is 0 Å². The van der Waals surface area contributed by atoms with E-state index in [1.165, 1.54) is 44.9 Å². The van der Waals surface area contributed by atoms with Crippen LogP contribution in [0.2, 0.25) is 0 Å². The predicted octanol–water partition coefficient (Wildman–Crippen LogP) is 5.04. The fourth-order valence-electron chi connectivity index (χ4n) is 4.44. The van der Waals surface area contributed by atoms with Gasteiger partial charge in [0, 0.05) is 11.8 Å². The zero-order chi connectivity index (χ0) is 38.2. The molecule has 53 heavy (non-hydrogen) atoms. The van der Waals surface area contributed by atoms with Crippen molar-refractivity contribution in [3.05, 3.63) is 0 Å². The summed E-state index contributed by atoms with van der Waals surface area (Å²) < 4.78 is 70.7. The molecule has 0 N–H and O–H groups in total. The molecule has 0 aromatic heterocycles. The minimum absolute atomic E-state index is 0.137. The average Bonchev–Trinajstić information content (AvgIpc) is 3.16. The van der Waals surface area contributed by atoms with Gasteiger partial charge in [0.15, 0.2) is 0 Å². The summed E-state index contributed by atoms with van der Waals surface area (Å²) in [7, 11) is 0. The van der Waals surface area contributed by atoms with Crippen LogP contribution in [0.5, 0.6) is 0 Å². The summed E-state index contributed by atoms with van der Waals surface area (Å²) in [5.74, 6) is -0.137. The number of rotatable bonds is 48. The van der Waals surface area contributed by atoms with Gasteiger partial charge in [0.05, 0.1) is 159 Å². The van der Waals surface area contributed by atoms with E-state index in [4.69, 9.17) is 61.6 Å². The quantitative estimate of drug-likeness (QED) is 0.0460. The van der Waals surface area contributed by atoms with Crippen molar-refractivity contribution in [2.75, 3.05) is 171 Å². The minimum atomic E-state index is -0.137. The maximum atomic E-state index is 11.8. The summed E-state index contributed by atoms with van der Waals surface area (Å²) in [6.45, 7) is 14.9. The SMILES string of the molecule is CCCCCCCCCCCC(=O)OCCOCCOCCOCCOCCOCCOCCOCCOCCOCCOCCOCCOCCBr. The molecule has 0 saturated heterocycles. The van der Waals surface area contributed by atoms with Crippen LogP contribution in [-0.2, 0) is 66.4 Å². The summed E-state index contributed by atoms with van der Waals surface area (Å²) in [6.07, 6.45) is 11.6. The third-order valence-corrected chi connectivity index (χ3v) is 7.61. The number of halogens is 1. The highest BCUT2D eigenvalue weighted by Crippen LogP contribution is 2.10. The monoisotopic (exact) mass is 834 g/mol. The second-order valence-corrected chi connectivity index (χ2v) is 12.6. The van der Waals surface area contributed by atoms with E-state index in [1.54, 1.807) is 0 Å². The Morgan fingerprint density at radius 1 is 0.321 bits per heavy atom. The van der Waals surface area contributed by atoms with Crippen LogP contribution in [0.25, 0.3) is 0 Å². The molecule has 0 bridgehead atoms. The van der Waals surface area contributed by atoms with E-state index in [0.717, 1.165) is 18.2 Å². The predicted molar refractivity (Wildman–Crippen MR) is 206 cm³/mol. The van der Waals surface area contributed by atoms with Gasteiger partial charge in [0.1, 0.15) is 6.61 Å². The van der Waals surface area contributed by atoms with E-state index < -0.39 is 0 Å². The number of alkyl halides is 1. The molecule has 0 fully saturated rings. The molecule has 0 aliphatic carbocycles. The lowest BCUT2D eigenvalue weighted by molar-refractivity contribution is -0.145. The van der Waals surface area contributed by atoms with Crippen LogP contribution in [0.1, 0.15) is 71.1 Å². The van der Waals surface area contributed by atoms with E-state index in [9.17, 15) is 4.79 Å². The molecule has 0 rings (SSSR count). The molecule has 0 amide bonds. The molecule has 318 valence electrons. The van der Waals surface area contributed by atoms with Gasteiger partial charge in [-0.05, 0) is 6.42 Å². The number of ether oxygens (including phenoxy) is 13.